The van der Waals surface area contributed by atoms with Gasteiger partial charge in [-0.05, 0) is 60.2 Å². The molecule has 3 amide bonds. The molecular weight excluding hydrogens is 344 g/mol. The van der Waals surface area contributed by atoms with Crippen LogP contribution in [-0.2, 0) is 33.8 Å². The zero-order chi connectivity index (χ0) is 18.8. The summed E-state index contributed by atoms with van der Waals surface area (Å²) in [7, 11) is 0. The monoisotopic (exact) mass is 364 g/mol. The molecule has 0 atom stereocenters. The van der Waals surface area contributed by atoms with Gasteiger partial charge in [-0.15, -0.1) is 0 Å². The Hall–Kier alpha value is -3.22. The number of hydrogen-bond acceptors (Lipinski definition) is 4. The number of nitrogens with zero attached hydrogens (tertiary/aromatic N) is 2. The molecule has 0 saturated heterocycles. The number of benzene rings is 1. The largest absolute Gasteiger partial charge is 0.344 e. The van der Waals surface area contributed by atoms with Crippen LogP contribution in [0.5, 0.6) is 0 Å². The van der Waals surface area contributed by atoms with E-state index in [1.807, 2.05) is 17.0 Å². The van der Waals surface area contributed by atoms with Crippen LogP contribution in [-0.4, -0.2) is 29.3 Å². The van der Waals surface area contributed by atoms with Crippen LogP contribution in [0.2, 0.25) is 0 Å². The van der Waals surface area contributed by atoms with Gasteiger partial charge >= 0.3 is 11.8 Å². The first kappa shape index (κ1) is 17.2. The van der Waals surface area contributed by atoms with Crippen molar-refractivity contribution in [1.82, 2.24) is 10.3 Å². The summed E-state index contributed by atoms with van der Waals surface area (Å²) in [5.74, 6) is -1.22. The molecule has 138 valence electrons. The van der Waals surface area contributed by atoms with Gasteiger partial charge in [0.1, 0.15) is 0 Å². The van der Waals surface area contributed by atoms with Crippen molar-refractivity contribution in [3.8, 4) is 0 Å². The summed E-state index contributed by atoms with van der Waals surface area (Å²) in [6.07, 6.45) is 6.18. The molecule has 0 radical (unpaired) electrons. The molecule has 7 nitrogen and oxygen atoms in total. The van der Waals surface area contributed by atoms with Crippen LogP contribution in [0, 0.1) is 0 Å². The van der Waals surface area contributed by atoms with Crippen LogP contribution in [0.4, 0.5) is 11.4 Å². The minimum atomic E-state index is -0.698. The lowest BCUT2D eigenvalue weighted by Gasteiger charge is -2.35. The van der Waals surface area contributed by atoms with E-state index in [0.29, 0.717) is 18.5 Å². The fourth-order valence-corrected chi connectivity index (χ4v) is 3.68. The fourth-order valence-electron chi connectivity index (χ4n) is 3.68. The molecule has 4 rings (SSSR count). The second-order valence-electron chi connectivity index (χ2n) is 6.78. The number of anilines is 2. The van der Waals surface area contributed by atoms with Crippen molar-refractivity contribution in [3.63, 3.8) is 0 Å². The summed E-state index contributed by atoms with van der Waals surface area (Å²) in [5.41, 5.74) is 4.58. The molecule has 1 aromatic carbocycles. The molecule has 0 unspecified atom stereocenters. The van der Waals surface area contributed by atoms with Crippen molar-refractivity contribution in [3.05, 3.63) is 53.3 Å². The molecule has 2 N–H and O–H groups in total. The third-order valence-corrected chi connectivity index (χ3v) is 4.94. The first-order valence-electron chi connectivity index (χ1n) is 9.06. The Kier molecular flexibility index (Phi) is 4.58. The third kappa shape index (κ3) is 3.53. The van der Waals surface area contributed by atoms with E-state index in [4.69, 9.17) is 0 Å². The second-order valence-corrected chi connectivity index (χ2v) is 6.78. The van der Waals surface area contributed by atoms with Crippen LogP contribution < -0.4 is 15.5 Å². The Bertz CT molecular complexity index is 894. The lowest BCUT2D eigenvalue weighted by Crippen LogP contribution is -2.39. The highest BCUT2D eigenvalue weighted by Gasteiger charge is 2.29. The first-order valence-corrected chi connectivity index (χ1v) is 9.06. The molecule has 2 aliphatic heterocycles. The summed E-state index contributed by atoms with van der Waals surface area (Å²) in [5, 5.41) is 5.29. The quantitative estimate of drug-likeness (QED) is 0.809. The van der Waals surface area contributed by atoms with Gasteiger partial charge in [0.25, 0.3) is 0 Å². The zero-order valence-electron chi connectivity index (χ0n) is 14.8. The van der Waals surface area contributed by atoms with Gasteiger partial charge in [0, 0.05) is 37.6 Å². The summed E-state index contributed by atoms with van der Waals surface area (Å²) < 4.78 is 0. The SMILES string of the molecule is O=C(NCc1ccncc1)C(=O)Nc1cc2c3c(c1)CCC(=O)N3CCC2. The van der Waals surface area contributed by atoms with Crippen molar-refractivity contribution in [2.75, 3.05) is 16.8 Å². The van der Waals surface area contributed by atoms with E-state index in [9.17, 15) is 14.4 Å². The third-order valence-electron chi connectivity index (χ3n) is 4.94. The number of nitrogens with one attached hydrogen (secondary N) is 2. The summed E-state index contributed by atoms with van der Waals surface area (Å²) in [6.45, 7) is 1.02. The van der Waals surface area contributed by atoms with Crippen LogP contribution in [0.3, 0.4) is 0 Å². The lowest BCUT2D eigenvalue weighted by atomic mass is 9.91. The van der Waals surface area contributed by atoms with Crippen LogP contribution in [0.15, 0.2) is 36.7 Å². The summed E-state index contributed by atoms with van der Waals surface area (Å²) >= 11 is 0. The number of carbonyl (C=O) groups is 3. The Morgan fingerprint density at radius 1 is 1.04 bits per heavy atom. The van der Waals surface area contributed by atoms with E-state index in [1.165, 1.54) is 0 Å². The minimum absolute atomic E-state index is 0.163. The number of carbonyl (C=O) groups excluding carboxylic acids is 3. The average Bonchev–Trinajstić information content (AvgIpc) is 2.69. The van der Waals surface area contributed by atoms with Gasteiger partial charge in [-0.3, -0.25) is 19.4 Å². The lowest BCUT2D eigenvalue weighted by molar-refractivity contribution is -0.136. The van der Waals surface area contributed by atoms with Crippen LogP contribution in [0.25, 0.3) is 0 Å². The number of amides is 3. The molecular formula is C20H20N4O3. The zero-order valence-corrected chi connectivity index (χ0v) is 14.8. The Morgan fingerprint density at radius 2 is 1.78 bits per heavy atom. The van der Waals surface area contributed by atoms with Crippen LogP contribution >= 0.6 is 0 Å². The second kappa shape index (κ2) is 7.19. The van der Waals surface area contributed by atoms with Crippen molar-refractivity contribution in [1.29, 1.82) is 0 Å². The van der Waals surface area contributed by atoms with Crippen molar-refractivity contribution >= 4 is 29.1 Å². The highest BCUT2D eigenvalue weighted by Crippen LogP contribution is 2.37. The molecule has 0 spiro atoms. The first-order chi connectivity index (χ1) is 13.1. The van der Waals surface area contributed by atoms with Crippen molar-refractivity contribution in [2.45, 2.75) is 32.2 Å². The van der Waals surface area contributed by atoms with E-state index in [2.05, 4.69) is 15.6 Å². The normalized spacial score (nSPS) is 15.1. The standard InChI is InChI=1S/C20H20N4O3/c25-17-4-3-15-11-16(10-14-2-1-9-24(17)18(14)15)23-20(27)19(26)22-12-13-5-7-21-8-6-13/h5-8,10-11H,1-4,9,12H2,(H,22,26)(H,23,27). The van der Waals surface area contributed by atoms with Gasteiger partial charge in [-0.1, -0.05) is 0 Å². The average molecular weight is 364 g/mol. The molecule has 7 heteroatoms. The van der Waals surface area contributed by atoms with Gasteiger partial charge in [-0.2, -0.15) is 0 Å². The molecule has 0 fully saturated rings. The molecule has 0 bridgehead atoms. The maximum absolute atomic E-state index is 12.2. The molecule has 0 aliphatic carbocycles. The number of aromatic nitrogens is 1. The van der Waals surface area contributed by atoms with Crippen LogP contribution in [0.1, 0.15) is 29.5 Å². The van der Waals surface area contributed by atoms with E-state index < -0.39 is 11.8 Å². The molecule has 2 aliphatic rings. The summed E-state index contributed by atoms with van der Waals surface area (Å²) in [4.78, 5) is 42.2. The molecule has 3 heterocycles. The predicted octanol–water partition coefficient (Wildman–Crippen LogP) is 1.56. The minimum Gasteiger partial charge on any atom is -0.344 e. The van der Waals surface area contributed by atoms with E-state index >= 15 is 0 Å². The van der Waals surface area contributed by atoms with Gasteiger partial charge in [0.05, 0.1) is 5.69 Å². The molecule has 2 aromatic rings. The van der Waals surface area contributed by atoms with Gasteiger partial charge in [-0.25, -0.2) is 0 Å². The van der Waals surface area contributed by atoms with E-state index in [0.717, 1.165) is 41.8 Å². The van der Waals surface area contributed by atoms with E-state index in [1.54, 1.807) is 24.5 Å². The fraction of sp³-hybridized carbons (Fsp3) is 0.300. The Labute approximate surface area is 156 Å². The highest BCUT2D eigenvalue weighted by atomic mass is 16.2. The predicted molar refractivity (Wildman–Crippen MR) is 100 cm³/mol. The topological polar surface area (TPSA) is 91.4 Å². The van der Waals surface area contributed by atoms with E-state index in [-0.39, 0.29) is 12.5 Å². The highest BCUT2D eigenvalue weighted by molar-refractivity contribution is 6.39. The number of pyridine rings is 1. The molecule has 1 aromatic heterocycles. The number of rotatable bonds is 3. The summed E-state index contributed by atoms with van der Waals surface area (Å²) in [6, 6.07) is 7.30. The van der Waals surface area contributed by atoms with Gasteiger partial charge < -0.3 is 15.5 Å². The van der Waals surface area contributed by atoms with Crippen molar-refractivity contribution < 1.29 is 14.4 Å². The Balaban J connectivity index is 1.46. The maximum atomic E-state index is 12.2. The van der Waals surface area contributed by atoms with Gasteiger partial charge in [0.2, 0.25) is 5.91 Å². The maximum Gasteiger partial charge on any atom is 0.313 e. The smallest absolute Gasteiger partial charge is 0.313 e. The number of aryl methyl sites for hydroxylation is 2. The Morgan fingerprint density at radius 3 is 2.56 bits per heavy atom. The number of hydrogen-bond donors (Lipinski definition) is 2. The van der Waals surface area contributed by atoms with Crippen molar-refractivity contribution in [2.24, 2.45) is 0 Å². The molecule has 0 saturated carbocycles. The molecule has 27 heavy (non-hydrogen) atoms. The van der Waals surface area contributed by atoms with Gasteiger partial charge in [0.15, 0.2) is 0 Å².